The van der Waals surface area contributed by atoms with Crippen molar-refractivity contribution in [1.82, 2.24) is 0 Å². The van der Waals surface area contributed by atoms with E-state index in [1.807, 2.05) is 0 Å². The van der Waals surface area contributed by atoms with Crippen LogP contribution in [0.1, 0.15) is 20.7 Å². The highest BCUT2D eigenvalue weighted by Gasteiger charge is 2.37. The highest BCUT2D eigenvalue weighted by Crippen LogP contribution is 2.30. The zero-order chi connectivity index (χ0) is 15.1. The Kier molecular flexibility index (Phi) is 2.94. The molecule has 2 aromatic carbocycles. The van der Waals surface area contributed by atoms with Crippen molar-refractivity contribution in [2.45, 2.75) is 0 Å². The van der Waals surface area contributed by atoms with Gasteiger partial charge in [-0.1, -0.05) is 0 Å². The van der Waals surface area contributed by atoms with Gasteiger partial charge in [-0.2, -0.15) is 0 Å². The Morgan fingerprint density at radius 2 is 1.38 bits per heavy atom. The fourth-order valence-electron chi connectivity index (χ4n) is 2.20. The Morgan fingerprint density at radius 1 is 0.905 bits per heavy atom. The van der Waals surface area contributed by atoms with Crippen LogP contribution in [0.4, 0.5) is 14.5 Å². The van der Waals surface area contributed by atoms with Gasteiger partial charge in [-0.15, -0.1) is 0 Å². The van der Waals surface area contributed by atoms with E-state index in [2.05, 4.69) is 0 Å². The van der Waals surface area contributed by atoms with Gasteiger partial charge in [0.1, 0.15) is 5.75 Å². The number of carbonyl (C=O) groups excluding carboxylic acids is 2. The van der Waals surface area contributed by atoms with Crippen LogP contribution >= 0.6 is 0 Å². The molecule has 3 rings (SSSR count). The molecule has 0 radical (unpaired) electrons. The summed E-state index contributed by atoms with van der Waals surface area (Å²) >= 11 is 0. The minimum absolute atomic E-state index is 0.144. The molecule has 0 bridgehead atoms. The van der Waals surface area contributed by atoms with Gasteiger partial charge >= 0.3 is 0 Å². The highest BCUT2D eigenvalue weighted by molar-refractivity contribution is 6.34. The number of hydrogen-bond donors (Lipinski definition) is 0. The summed E-state index contributed by atoms with van der Waals surface area (Å²) in [5.41, 5.74) is 0.0206. The van der Waals surface area contributed by atoms with Gasteiger partial charge in [0.25, 0.3) is 11.8 Å². The monoisotopic (exact) mass is 289 g/mol. The predicted molar refractivity (Wildman–Crippen MR) is 70.5 cm³/mol. The number of anilines is 1. The van der Waals surface area contributed by atoms with Crippen molar-refractivity contribution in [3.05, 3.63) is 59.2 Å². The molecule has 1 aliphatic rings. The fraction of sp³-hybridized carbons (Fsp3) is 0.0667. The zero-order valence-electron chi connectivity index (χ0n) is 10.9. The van der Waals surface area contributed by atoms with Gasteiger partial charge in [0.05, 0.1) is 23.9 Å². The van der Waals surface area contributed by atoms with Gasteiger partial charge in [0, 0.05) is 0 Å². The van der Waals surface area contributed by atoms with Crippen molar-refractivity contribution in [1.29, 1.82) is 0 Å². The van der Waals surface area contributed by atoms with Crippen LogP contribution in [0.15, 0.2) is 36.4 Å². The molecule has 2 aromatic rings. The van der Waals surface area contributed by atoms with E-state index in [-0.39, 0.29) is 11.1 Å². The zero-order valence-corrected chi connectivity index (χ0v) is 10.9. The molecule has 4 nitrogen and oxygen atoms in total. The van der Waals surface area contributed by atoms with Crippen LogP contribution in [0, 0.1) is 11.6 Å². The van der Waals surface area contributed by atoms with Crippen molar-refractivity contribution < 1.29 is 23.1 Å². The van der Waals surface area contributed by atoms with Gasteiger partial charge in [0.15, 0.2) is 11.6 Å². The molecule has 1 heterocycles. The van der Waals surface area contributed by atoms with Gasteiger partial charge in [-0.05, 0) is 36.4 Å². The molecule has 106 valence electrons. The van der Waals surface area contributed by atoms with Crippen LogP contribution in [-0.4, -0.2) is 18.9 Å². The van der Waals surface area contributed by atoms with E-state index < -0.39 is 23.4 Å². The van der Waals surface area contributed by atoms with Crippen molar-refractivity contribution in [3.8, 4) is 5.75 Å². The second kappa shape index (κ2) is 4.66. The van der Waals surface area contributed by atoms with E-state index in [0.29, 0.717) is 11.4 Å². The number of carbonyl (C=O) groups is 2. The van der Waals surface area contributed by atoms with E-state index in [0.717, 1.165) is 17.0 Å². The molecule has 0 spiro atoms. The molecule has 0 saturated heterocycles. The number of hydrogen-bond acceptors (Lipinski definition) is 3. The Labute approximate surface area is 118 Å². The van der Waals surface area contributed by atoms with Crippen LogP contribution in [0.3, 0.4) is 0 Å². The lowest BCUT2D eigenvalue weighted by molar-refractivity contribution is 0.0926. The number of fused-ring (bicyclic) bond motifs is 1. The van der Waals surface area contributed by atoms with Gasteiger partial charge in [-0.25, -0.2) is 13.7 Å². The highest BCUT2D eigenvalue weighted by atomic mass is 19.2. The van der Waals surface area contributed by atoms with Crippen molar-refractivity contribution in [3.63, 3.8) is 0 Å². The summed E-state index contributed by atoms with van der Waals surface area (Å²) in [6.45, 7) is 0. The van der Waals surface area contributed by atoms with E-state index in [9.17, 15) is 18.4 Å². The summed E-state index contributed by atoms with van der Waals surface area (Å²) < 4.78 is 31.4. The maximum absolute atomic E-state index is 13.2. The first-order valence-electron chi connectivity index (χ1n) is 6.05. The molecule has 2 amide bonds. The molecule has 6 heteroatoms. The summed E-state index contributed by atoms with van der Waals surface area (Å²) in [4.78, 5) is 25.3. The number of halogens is 2. The van der Waals surface area contributed by atoms with Crippen molar-refractivity contribution in [2.24, 2.45) is 0 Å². The second-order valence-corrected chi connectivity index (χ2v) is 4.46. The van der Waals surface area contributed by atoms with Gasteiger partial charge < -0.3 is 4.74 Å². The Morgan fingerprint density at radius 3 is 1.81 bits per heavy atom. The molecule has 0 atom stereocenters. The fourth-order valence-corrected chi connectivity index (χ4v) is 2.20. The van der Waals surface area contributed by atoms with E-state index in [1.54, 1.807) is 12.1 Å². The van der Waals surface area contributed by atoms with Crippen molar-refractivity contribution in [2.75, 3.05) is 12.0 Å². The molecular weight excluding hydrogens is 280 g/mol. The van der Waals surface area contributed by atoms with Crippen molar-refractivity contribution >= 4 is 17.5 Å². The smallest absolute Gasteiger partial charge is 0.266 e. The number of rotatable bonds is 2. The SMILES string of the molecule is COc1ccc(N2C(=O)c3cc(F)c(F)cc3C2=O)cc1. The first-order chi connectivity index (χ1) is 10.0. The average molecular weight is 289 g/mol. The number of amides is 2. The summed E-state index contributed by atoms with van der Waals surface area (Å²) in [5, 5.41) is 0. The largest absolute Gasteiger partial charge is 0.497 e. The normalized spacial score (nSPS) is 13.6. The first-order valence-corrected chi connectivity index (χ1v) is 6.05. The lowest BCUT2D eigenvalue weighted by Crippen LogP contribution is -2.29. The number of nitrogens with zero attached hydrogens (tertiary/aromatic N) is 1. The molecule has 0 saturated carbocycles. The van der Waals surface area contributed by atoms with Crippen LogP contribution in [0.25, 0.3) is 0 Å². The minimum atomic E-state index is -1.16. The standard InChI is InChI=1S/C15H9F2NO3/c1-21-9-4-2-8(3-5-9)18-14(19)10-6-12(16)13(17)7-11(10)15(18)20/h2-7H,1H3. The van der Waals surface area contributed by atoms with Gasteiger partial charge in [-0.3, -0.25) is 9.59 Å². The maximum atomic E-state index is 13.2. The maximum Gasteiger partial charge on any atom is 0.266 e. The molecule has 0 N–H and O–H groups in total. The average Bonchev–Trinajstić information content (AvgIpc) is 2.72. The third-order valence-electron chi connectivity index (χ3n) is 3.26. The second-order valence-electron chi connectivity index (χ2n) is 4.46. The molecule has 0 unspecified atom stereocenters. The van der Waals surface area contributed by atoms with Crippen LogP contribution in [0.2, 0.25) is 0 Å². The number of imide groups is 1. The summed E-state index contributed by atoms with van der Waals surface area (Å²) in [6, 6.07) is 7.70. The minimum Gasteiger partial charge on any atom is -0.497 e. The topological polar surface area (TPSA) is 46.6 Å². The summed E-state index contributed by atoms with van der Waals surface area (Å²) in [6.07, 6.45) is 0. The Hall–Kier alpha value is -2.76. The predicted octanol–water partition coefficient (Wildman–Crippen LogP) is 2.77. The quantitative estimate of drug-likeness (QED) is 0.799. The summed E-state index contributed by atoms with van der Waals surface area (Å²) in [5.74, 6) is -3.12. The van der Waals surface area contributed by atoms with Crippen LogP contribution in [-0.2, 0) is 0 Å². The number of benzene rings is 2. The molecule has 0 aliphatic carbocycles. The molecule has 1 aliphatic heterocycles. The lowest BCUT2D eigenvalue weighted by Gasteiger charge is -2.14. The lowest BCUT2D eigenvalue weighted by atomic mass is 10.1. The van der Waals surface area contributed by atoms with E-state index >= 15 is 0 Å². The summed E-state index contributed by atoms with van der Waals surface area (Å²) in [7, 11) is 1.49. The van der Waals surface area contributed by atoms with Crippen LogP contribution in [0.5, 0.6) is 5.75 Å². The number of methoxy groups -OCH3 is 1. The molecule has 0 fully saturated rings. The molecule has 0 aromatic heterocycles. The first kappa shape index (κ1) is 13.2. The third kappa shape index (κ3) is 1.96. The molecule has 21 heavy (non-hydrogen) atoms. The number of ether oxygens (including phenoxy) is 1. The van der Waals surface area contributed by atoms with Gasteiger partial charge in [0.2, 0.25) is 0 Å². The van der Waals surface area contributed by atoms with E-state index in [4.69, 9.17) is 4.74 Å². The third-order valence-corrected chi connectivity index (χ3v) is 3.26. The Balaban J connectivity index is 2.06. The Bertz CT molecular complexity index is 715. The molecular formula is C15H9F2NO3. The van der Waals surface area contributed by atoms with E-state index in [1.165, 1.54) is 19.2 Å². The van der Waals surface area contributed by atoms with Crippen LogP contribution < -0.4 is 9.64 Å².